The van der Waals surface area contributed by atoms with Gasteiger partial charge in [0.15, 0.2) is 9.84 Å². The minimum absolute atomic E-state index is 0.0885. The Morgan fingerprint density at radius 3 is 2.50 bits per heavy atom. The van der Waals surface area contributed by atoms with Gasteiger partial charge in [-0.05, 0) is 38.1 Å². The molecule has 5 nitrogen and oxygen atoms in total. The second kappa shape index (κ2) is 6.15. The van der Waals surface area contributed by atoms with E-state index in [2.05, 4.69) is 10.6 Å². The van der Waals surface area contributed by atoms with Crippen molar-refractivity contribution < 1.29 is 13.2 Å². The van der Waals surface area contributed by atoms with Gasteiger partial charge >= 0.3 is 0 Å². The minimum Gasteiger partial charge on any atom is -0.325 e. The van der Waals surface area contributed by atoms with Gasteiger partial charge in [-0.15, -0.1) is 11.8 Å². The van der Waals surface area contributed by atoms with Crippen LogP contribution >= 0.6 is 11.8 Å². The second-order valence-corrected chi connectivity index (χ2v) is 8.41. The van der Waals surface area contributed by atoms with Crippen LogP contribution in [0.4, 0.5) is 5.69 Å². The highest BCUT2D eigenvalue weighted by Gasteiger charge is 2.23. The average Bonchev–Trinajstić information content (AvgIpc) is 2.93. The largest absolute Gasteiger partial charge is 0.325 e. The normalized spacial score (nSPS) is 19.2. The summed E-state index contributed by atoms with van der Waals surface area (Å²) >= 11 is 1.68. The van der Waals surface area contributed by atoms with E-state index in [4.69, 9.17) is 0 Å². The zero-order chi connectivity index (χ0) is 14.8. The first-order valence-corrected chi connectivity index (χ1v) is 9.07. The number of benzene rings is 1. The lowest BCUT2D eigenvalue weighted by molar-refractivity contribution is -0.117. The first-order valence-electron chi connectivity index (χ1n) is 6.37. The first-order chi connectivity index (χ1) is 9.41. The molecule has 20 heavy (non-hydrogen) atoms. The lowest BCUT2D eigenvalue weighted by Gasteiger charge is -2.12. The third-order valence-corrected chi connectivity index (χ3v) is 6.21. The summed E-state index contributed by atoms with van der Waals surface area (Å²) in [4.78, 5) is 12.2. The van der Waals surface area contributed by atoms with Gasteiger partial charge < -0.3 is 5.32 Å². The van der Waals surface area contributed by atoms with Crippen LogP contribution in [0.25, 0.3) is 0 Å². The molecule has 2 rings (SSSR count). The minimum atomic E-state index is -3.27. The lowest BCUT2D eigenvalue weighted by atomic mass is 10.2. The maximum atomic E-state index is 12.0. The molecule has 1 saturated heterocycles. The molecular weight excluding hydrogens is 296 g/mol. The lowest BCUT2D eigenvalue weighted by Crippen LogP contribution is -2.37. The van der Waals surface area contributed by atoms with Gasteiger partial charge in [-0.3, -0.25) is 10.1 Å². The molecule has 1 unspecified atom stereocenters. The van der Waals surface area contributed by atoms with Gasteiger partial charge in [-0.2, -0.15) is 0 Å². The van der Waals surface area contributed by atoms with Crippen molar-refractivity contribution in [2.75, 3.05) is 16.9 Å². The number of sulfone groups is 1. The molecule has 0 aliphatic carbocycles. The molecule has 7 heteroatoms. The van der Waals surface area contributed by atoms with Gasteiger partial charge in [0.25, 0.3) is 0 Å². The zero-order valence-corrected chi connectivity index (χ0v) is 13.1. The molecule has 0 spiro atoms. The molecule has 1 amide bonds. The summed E-state index contributed by atoms with van der Waals surface area (Å²) in [6, 6.07) is 6.12. The van der Waals surface area contributed by atoms with Crippen LogP contribution in [0.1, 0.15) is 13.8 Å². The first kappa shape index (κ1) is 15.3. The molecule has 0 aromatic heterocycles. The van der Waals surface area contributed by atoms with Crippen LogP contribution in [0.5, 0.6) is 0 Å². The van der Waals surface area contributed by atoms with Crippen LogP contribution in [-0.2, 0) is 14.6 Å². The average molecular weight is 314 g/mol. The van der Waals surface area contributed by atoms with E-state index in [-0.39, 0.29) is 16.8 Å². The van der Waals surface area contributed by atoms with Crippen LogP contribution < -0.4 is 10.6 Å². The van der Waals surface area contributed by atoms with Gasteiger partial charge in [-0.25, -0.2) is 8.42 Å². The summed E-state index contributed by atoms with van der Waals surface area (Å²) < 4.78 is 23.9. The molecule has 110 valence electrons. The number of nitrogens with one attached hydrogen (secondary N) is 2. The molecule has 1 aromatic rings. The molecule has 1 fully saturated rings. The summed E-state index contributed by atoms with van der Waals surface area (Å²) in [5.41, 5.74) is 0.608. The van der Waals surface area contributed by atoms with Crippen molar-refractivity contribution in [2.24, 2.45) is 0 Å². The maximum absolute atomic E-state index is 12.0. The van der Waals surface area contributed by atoms with E-state index in [0.29, 0.717) is 5.69 Å². The monoisotopic (exact) mass is 314 g/mol. The van der Waals surface area contributed by atoms with E-state index in [9.17, 15) is 13.2 Å². The second-order valence-electron chi connectivity index (χ2n) is 4.88. The smallest absolute Gasteiger partial charge is 0.242 e. The fraction of sp³-hybridized carbons (Fsp3) is 0.462. The molecule has 1 aromatic carbocycles. The van der Waals surface area contributed by atoms with Crippen LogP contribution in [-0.4, -0.2) is 37.2 Å². The Morgan fingerprint density at radius 2 is 2.00 bits per heavy atom. The summed E-state index contributed by atoms with van der Waals surface area (Å²) in [6.45, 7) is 3.29. The molecule has 0 saturated carbocycles. The number of carbonyl (C=O) groups excluding carboxylic acids is 1. The van der Waals surface area contributed by atoms with E-state index < -0.39 is 15.1 Å². The van der Waals surface area contributed by atoms with Crippen LogP contribution in [0.3, 0.4) is 0 Å². The number of hydrogen-bond acceptors (Lipinski definition) is 5. The Kier molecular flexibility index (Phi) is 4.72. The topological polar surface area (TPSA) is 75.3 Å². The number of amides is 1. The van der Waals surface area contributed by atoms with E-state index in [1.165, 1.54) is 12.1 Å². The highest BCUT2D eigenvalue weighted by molar-refractivity contribution is 7.99. The van der Waals surface area contributed by atoms with Crippen molar-refractivity contribution in [1.29, 1.82) is 0 Å². The quantitative estimate of drug-likeness (QED) is 0.880. The number of thioether (sulfide) groups is 1. The van der Waals surface area contributed by atoms with Crippen LogP contribution in [0, 0.1) is 0 Å². The summed E-state index contributed by atoms with van der Waals surface area (Å²) in [5.74, 6) is 1.45. The number of hydrogen-bond donors (Lipinski definition) is 2. The zero-order valence-electron chi connectivity index (χ0n) is 11.4. The summed E-state index contributed by atoms with van der Waals surface area (Å²) in [7, 11) is -3.27. The molecule has 2 N–H and O–H groups in total. The fourth-order valence-electron chi connectivity index (χ4n) is 1.79. The highest BCUT2D eigenvalue weighted by Crippen LogP contribution is 2.19. The molecule has 0 radical (unpaired) electrons. The predicted octanol–water partition coefficient (Wildman–Crippen LogP) is 1.47. The van der Waals surface area contributed by atoms with Gasteiger partial charge in [0.1, 0.15) is 0 Å². The Morgan fingerprint density at radius 1 is 1.35 bits per heavy atom. The highest BCUT2D eigenvalue weighted by atomic mass is 32.2. The summed E-state index contributed by atoms with van der Waals surface area (Å²) in [5, 5.41) is 5.41. The Hall–Kier alpha value is -1.05. The number of carbonyl (C=O) groups is 1. The van der Waals surface area contributed by atoms with Gasteiger partial charge in [0.2, 0.25) is 5.91 Å². The SMILES string of the molecule is CC(C)S(=O)(=O)c1ccc(NC(=O)C2CSCN2)cc1. The van der Waals surface area contributed by atoms with Crippen molar-refractivity contribution in [2.45, 2.75) is 30.0 Å². The standard InChI is InChI=1S/C13H18N2O3S2/c1-9(2)20(17,18)11-5-3-10(4-6-11)15-13(16)12-7-19-8-14-12/h3-6,9,12,14H,7-8H2,1-2H3,(H,15,16). The third-order valence-electron chi connectivity index (χ3n) is 3.10. The van der Waals surface area contributed by atoms with Crippen molar-refractivity contribution in [1.82, 2.24) is 5.32 Å². The Balaban J connectivity index is 2.07. The van der Waals surface area contributed by atoms with E-state index in [1.807, 2.05) is 0 Å². The molecule has 1 aliphatic heterocycles. The predicted molar refractivity (Wildman–Crippen MR) is 81.6 cm³/mol. The van der Waals surface area contributed by atoms with E-state index >= 15 is 0 Å². The van der Waals surface area contributed by atoms with E-state index in [0.717, 1.165) is 11.6 Å². The molecular formula is C13H18N2O3S2. The Bertz CT molecular complexity index is 576. The van der Waals surface area contributed by atoms with Crippen molar-refractivity contribution in [3.05, 3.63) is 24.3 Å². The Labute approximate surface area is 123 Å². The van der Waals surface area contributed by atoms with Gasteiger partial charge in [0, 0.05) is 17.3 Å². The van der Waals surface area contributed by atoms with Crippen LogP contribution in [0.15, 0.2) is 29.2 Å². The van der Waals surface area contributed by atoms with Crippen molar-refractivity contribution in [3.63, 3.8) is 0 Å². The van der Waals surface area contributed by atoms with Crippen molar-refractivity contribution in [3.8, 4) is 0 Å². The van der Waals surface area contributed by atoms with Gasteiger partial charge in [-0.1, -0.05) is 0 Å². The maximum Gasteiger partial charge on any atom is 0.242 e. The molecule has 1 heterocycles. The van der Waals surface area contributed by atoms with E-state index in [1.54, 1.807) is 37.7 Å². The van der Waals surface area contributed by atoms with Crippen LogP contribution in [0.2, 0.25) is 0 Å². The fourth-order valence-corrected chi connectivity index (χ4v) is 3.79. The molecule has 0 bridgehead atoms. The molecule has 1 atom stereocenters. The van der Waals surface area contributed by atoms with Crippen molar-refractivity contribution >= 4 is 33.2 Å². The van der Waals surface area contributed by atoms with Gasteiger partial charge in [0.05, 0.1) is 16.2 Å². The third kappa shape index (κ3) is 3.34. The summed E-state index contributed by atoms with van der Waals surface area (Å²) in [6.07, 6.45) is 0. The molecule has 1 aliphatic rings. The number of rotatable bonds is 4. The number of anilines is 1.